The summed E-state index contributed by atoms with van der Waals surface area (Å²) in [6.07, 6.45) is 3.62. The minimum Gasteiger partial charge on any atom is -0.321 e. The van der Waals surface area contributed by atoms with Gasteiger partial charge in [0, 0.05) is 11.9 Å². The molecule has 2 heterocycles. The van der Waals surface area contributed by atoms with Crippen molar-refractivity contribution in [2.24, 2.45) is 0 Å². The van der Waals surface area contributed by atoms with Gasteiger partial charge in [0.15, 0.2) is 0 Å². The molecule has 1 amide bonds. The lowest BCUT2D eigenvalue weighted by Gasteiger charge is -2.06. The number of aryl methyl sites for hydroxylation is 1. The van der Waals surface area contributed by atoms with E-state index in [1.165, 1.54) is 0 Å². The van der Waals surface area contributed by atoms with Crippen LogP contribution in [-0.4, -0.2) is 15.3 Å². The zero-order valence-electron chi connectivity index (χ0n) is 11.9. The second-order valence-electron chi connectivity index (χ2n) is 4.91. The SMILES string of the molecule is CCCc1nc2ccccn2c1C(=O)Nc1ccccc1. The number of para-hydroxylation sites is 1. The molecule has 0 aliphatic rings. The molecule has 0 radical (unpaired) electrons. The highest BCUT2D eigenvalue weighted by Gasteiger charge is 2.18. The van der Waals surface area contributed by atoms with Crippen LogP contribution in [0.4, 0.5) is 5.69 Å². The van der Waals surface area contributed by atoms with Crippen molar-refractivity contribution >= 4 is 17.2 Å². The molecule has 1 aromatic carbocycles. The number of benzene rings is 1. The van der Waals surface area contributed by atoms with E-state index >= 15 is 0 Å². The Morgan fingerprint density at radius 3 is 2.67 bits per heavy atom. The van der Waals surface area contributed by atoms with E-state index in [0.717, 1.165) is 29.9 Å². The molecule has 0 aliphatic heterocycles. The van der Waals surface area contributed by atoms with Gasteiger partial charge in [-0.3, -0.25) is 9.20 Å². The summed E-state index contributed by atoms with van der Waals surface area (Å²) in [5.41, 5.74) is 3.06. The van der Waals surface area contributed by atoms with Crippen LogP contribution in [0.25, 0.3) is 5.65 Å². The van der Waals surface area contributed by atoms with E-state index in [-0.39, 0.29) is 5.91 Å². The lowest BCUT2D eigenvalue weighted by atomic mass is 10.2. The molecule has 0 saturated heterocycles. The molecular formula is C17H17N3O. The normalized spacial score (nSPS) is 10.7. The molecule has 4 nitrogen and oxygen atoms in total. The van der Waals surface area contributed by atoms with E-state index in [9.17, 15) is 4.79 Å². The minimum atomic E-state index is -0.122. The number of hydrogen-bond acceptors (Lipinski definition) is 2. The van der Waals surface area contributed by atoms with Crippen LogP contribution in [-0.2, 0) is 6.42 Å². The predicted octanol–water partition coefficient (Wildman–Crippen LogP) is 3.54. The van der Waals surface area contributed by atoms with Gasteiger partial charge in [0.25, 0.3) is 5.91 Å². The zero-order valence-corrected chi connectivity index (χ0v) is 11.9. The summed E-state index contributed by atoms with van der Waals surface area (Å²) < 4.78 is 1.85. The predicted molar refractivity (Wildman–Crippen MR) is 83.6 cm³/mol. The van der Waals surface area contributed by atoms with E-state index in [0.29, 0.717) is 5.69 Å². The fraction of sp³-hybridized carbons (Fsp3) is 0.176. The van der Waals surface area contributed by atoms with Gasteiger partial charge in [0.05, 0.1) is 5.69 Å². The third kappa shape index (κ3) is 2.65. The molecule has 0 saturated carbocycles. The summed E-state index contributed by atoms with van der Waals surface area (Å²) in [7, 11) is 0. The molecule has 0 spiro atoms. The summed E-state index contributed by atoms with van der Waals surface area (Å²) in [6, 6.07) is 15.2. The molecule has 3 rings (SSSR count). The first kappa shape index (κ1) is 13.4. The van der Waals surface area contributed by atoms with Crippen molar-refractivity contribution in [1.29, 1.82) is 0 Å². The number of pyridine rings is 1. The molecule has 0 atom stereocenters. The van der Waals surface area contributed by atoms with Crippen molar-refractivity contribution in [2.45, 2.75) is 19.8 Å². The topological polar surface area (TPSA) is 46.4 Å². The van der Waals surface area contributed by atoms with Gasteiger partial charge < -0.3 is 5.32 Å². The number of imidazole rings is 1. The van der Waals surface area contributed by atoms with Gasteiger partial charge in [-0.2, -0.15) is 0 Å². The molecular weight excluding hydrogens is 262 g/mol. The fourth-order valence-corrected chi connectivity index (χ4v) is 2.41. The van der Waals surface area contributed by atoms with Crippen LogP contribution in [0.1, 0.15) is 29.5 Å². The monoisotopic (exact) mass is 279 g/mol. The second-order valence-corrected chi connectivity index (χ2v) is 4.91. The Bertz CT molecular complexity index is 762. The van der Waals surface area contributed by atoms with Crippen LogP contribution in [0.2, 0.25) is 0 Å². The van der Waals surface area contributed by atoms with Gasteiger partial charge in [-0.1, -0.05) is 37.6 Å². The van der Waals surface area contributed by atoms with Crippen LogP contribution in [0.3, 0.4) is 0 Å². The summed E-state index contributed by atoms with van der Waals surface area (Å²) in [5.74, 6) is -0.122. The number of fused-ring (bicyclic) bond motifs is 1. The average Bonchev–Trinajstić information content (AvgIpc) is 2.86. The Morgan fingerprint density at radius 2 is 1.90 bits per heavy atom. The van der Waals surface area contributed by atoms with Crippen molar-refractivity contribution in [2.75, 3.05) is 5.32 Å². The molecule has 1 N–H and O–H groups in total. The van der Waals surface area contributed by atoms with Crippen molar-refractivity contribution < 1.29 is 4.79 Å². The van der Waals surface area contributed by atoms with Crippen molar-refractivity contribution in [3.63, 3.8) is 0 Å². The summed E-state index contributed by atoms with van der Waals surface area (Å²) in [5, 5.41) is 2.94. The molecule has 3 aromatic rings. The maximum Gasteiger partial charge on any atom is 0.274 e. The van der Waals surface area contributed by atoms with Gasteiger partial charge in [-0.15, -0.1) is 0 Å². The number of rotatable bonds is 4. The number of carbonyl (C=O) groups excluding carboxylic acids is 1. The number of carbonyl (C=O) groups is 1. The van der Waals surface area contributed by atoms with E-state index in [1.54, 1.807) is 0 Å². The van der Waals surface area contributed by atoms with E-state index in [4.69, 9.17) is 0 Å². The number of aromatic nitrogens is 2. The Labute approximate surface area is 123 Å². The number of hydrogen-bond donors (Lipinski definition) is 1. The molecule has 2 aromatic heterocycles. The van der Waals surface area contributed by atoms with Gasteiger partial charge in [-0.05, 0) is 30.7 Å². The number of nitrogens with zero attached hydrogens (tertiary/aromatic N) is 2. The van der Waals surface area contributed by atoms with Crippen LogP contribution >= 0.6 is 0 Å². The minimum absolute atomic E-state index is 0.122. The Morgan fingerprint density at radius 1 is 1.14 bits per heavy atom. The summed E-state index contributed by atoms with van der Waals surface area (Å²) in [6.45, 7) is 2.09. The third-order valence-corrected chi connectivity index (χ3v) is 3.34. The highest BCUT2D eigenvalue weighted by Crippen LogP contribution is 2.16. The Hall–Kier alpha value is -2.62. The number of amides is 1. The van der Waals surface area contributed by atoms with Crippen molar-refractivity contribution in [3.05, 3.63) is 66.1 Å². The first-order chi connectivity index (χ1) is 10.3. The van der Waals surface area contributed by atoms with Gasteiger partial charge >= 0.3 is 0 Å². The Kier molecular flexibility index (Phi) is 3.69. The third-order valence-electron chi connectivity index (χ3n) is 3.34. The summed E-state index contributed by atoms with van der Waals surface area (Å²) >= 11 is 0. The van der Waals surface area contributed by atoms with Crippen LogP contribution in [0, 0.1) is 0 Å². The lowest BCUT2D eigenvalue weighted by molar-refractivity contribution is 0.102. The maximum atomic E-state index is 12.6. The first-order valence-electron chi connectivity index (χ1n) is 7.12. The average molecular weight is 279 g/mol. The van der Waals surface area contributed by atoms with Gasteiger partial charge in [0.2, 0.25) is 0 Å². The van der Waals surface area contributed by atoms with E-state index in [2.05, 4.69) is 17.2 Å². The molecule has 0 unspecified atom stereocenters. The number of nitrogens with one attached hydrogen (secondary N) is 1. The molecule has 4 heteroatoms. The van der Waals surface area contributed by atoms with Crippen LogP contribution < -0.4 is 5.32 Å². The largest absolute Gasteiger partial charge is 0.321 e. The van der Waals surface area contributed by atoms with Crippen LogP contribution in [0.5, 0.6) is 0 Å². The van der Waals surface area contributed by atoms with E-state index < -0.39 is 0 Å². The highest BCUT2D eigenvalue weighted by molar-refractivity contribution is 6.04. The van der Waals surface area contributed by atoms with Crippen LogP contribution in [0.15, 0.2) is 54.7 Å². The zero-order chi connectivity index (χ0) is 14.7. The van der Waals surface area contributed by atoms with Crippen molar-refractivity contribution in [1.82, 2.24) is 9.38 Å². The first-order valence-corrected chi connectivity index (χ1v) is 7.12. The molecule has 106 valence electrons. The second kappa shape index (κ2) is 5.79. The number of anilines is 1. The maximum absolute atomic E-state index is 12.6. The fourth-order valence-electron chi connectivity index (χ4n) is 2.41. The molecule has 0 bridgehead atoms. The summed E-state index contributed by atoms with van der Waals surface area (Å²) in [4.78, 5) is 17.2. The Balaban J connectivity index is 2.01. The molecule has 0 aliphatic carbocycles. The standard InChI is InChI=1S/C17H17N3O/c1-2-8-14-16(20-12-7-6-11-15(20)19-14)17(21)18-13-9-4-3-5-10-13/h3-7,9-12H,2,8H2,1H3,(H,18,21). The molecule has 0 fully saturated rings. The van der Waals surface area contributed by atoms with Crippen molar-refractivity contribution in [3.8, 4) is 0 Å². The lowest BCUT2D eigenvalue weighted by Crippen LogP contribution is -2.16. The highest BCUT2D eigenvalue weighted by atomic mass is 16.2. The van der Waals surface area contributed by atoms with Gasteiger partial charge in [-0.25, -0.2) is 4.98 Å². The smallest absolute Gasteiger partial charge is 0.274 e. The quantitative estimate of drug-likeness (QED) is 0.794. The molecule has 21 heavy (non-hydrogen) atoms. The van der Waals surface area contributed by atoms with Gasteiger partial charge in [0.1, 0.15) is 11.3 Å². The van der Waals surface area contributed by atoms with E-state index in [1.807, 2.05) is 59.1 Å².